The molecule has 0 bridgehead atoms. The smallest absolute Gasteiger partial charge is 0.237 e. The Hall–Kier alpha value is -1.80. The molecular formula is C21H31N5O3. The van der Waals surface area contributed by atoms with Crippen molar-refractivity contribution >= 4 is 23.7 Å². The normalized spacial score (nSPS) is 39.7. The lowest BCUT2D eigenvalue weighted by Gasteiger charge is -2.34. The summed E-state index contributed by atoms with van der Waals surface area (Å²) in [6, 6.07) is 0.552. The summed E-state index contributed by atoms with van der Waals surface area (Å²) in [5.41, 5.74) is 1.04. The Bertz CT molecular complexity index is 745. The number of hydrogen-bond donors (Lipinski definition) is 0. The minimum Gasteiger partial charge on any atom is -0.380 e. The number of ether oxygens (including phenoxy) is 2. The van der Waals surface area contributed by atoms with Crippen LogP contribution in [0.1, 0.15) is 32.6 Å². The van der Waals surface area contributed by atoms with Crippen molar-refractivity contribution in [2.75, 3.05) is 40.0 Å². The van der Waals surface area contributed by atoms with Gasteiger partial charge in [-0.2, -0.15) is 5.10 Å². The van der Waals surface area contributed by atoms with Crippen LogP contribution in [0.2, 0.25) is 0 Å². The van der Waals surface area contributed by atoms with Gasteiger partial charge in [0.05, 0.1) is 43.8 Å². The highest BCUT2D eigenvalue weighted by molar-refractivity contribution is 6.18. The van der Waals surface area contributed by atoms with E-state index in [0.29, 0.717) is 24.4 Å². The van der Waals surface area contributed by atoms with E-state index in [1.165, 1.54) is 0 Å². The maximum atomic E-state index is 13.2. The van der Waals surface area contributed by atoms with Gasteiger partial charge in [-0.1, -0.05) is 6.92 Å². The molecule has 0 radical (unpaired) electrons. The Morgan fingerprint density at radius 3 is 3.00 bits per heavy atom. The SMILES string of the molecule is COC1CN=CC(C2CC(C)C3C(=O)N(C4=NN([C@@H]5CCOC5)CC4)CC3=N2)C1. The first-order valence-electron chi connectivity index (χ1n) is 11.0. The van der Waals surface area contributed by atoms with Gasteiger partial charge in [-0.15, -0.1) is 0 Å². The van der Waals surface area contributed by atoms with Crippen LogP contribution < -0.4 is 0 Å². The van der Waals surface area contributed by atoms with Crippen molar-refractivity contribution in [3.8, 4) is 0 Å². The van der Waals surface area contributed by atoms with Crippen molar-refractivity contribution in [3.63, 3.8) is 0 Å². The van der Waals surface area contributed by atoms with E-state index in [-0.39, 0.29) is 24.0 Å². The average molecular weight is 402 g/mol. The Morgan fingerprint density at radius 2 is 2.21 bits per heavy atom. The number of nitrogens with zero attached hydrogens (tertiary/aromatic N) is 5. The first kappa shape index (κ1) is 19.2. The molecule has 5 aliphatic rings. The van der Waals surface area contributed by atoms with Crippen molar-refractivity contribution in [2.24, 2.45) is 32.8 Å². The van der Waals surface area contributed by atoms with E-state index < -0.39 is 0 Å². The average Bonchev–Trinajstić information content (AvgIpc) is 3.47. The Kier molecular flexibility index (Phi) is 5.16. The number of amides is 1. The summed E-state index contributed by atoms with van der Waals surface area (Å²) < 4.78 is 11.0. The van der Waals surface area contributed by atoms with E-state index in [9.17, 15) is 4.79 Å². The molecule has 0 aromatic heterocycles. The molecule has 2 fully saturated rings. The number of amidine groups is 1. The third-order valence-electron chi connectivity index (χ3n) is 7.14. The number of fused-ring (bicyclic) bond motifs is 1. The summed E-state index contributed by atoms with van der Waals surface area (Å²) in [6.45, 7) is 5.95. The van der Waals surface area contributed by atoms with Crippen molar-refractivity contribution in [2.45, 2.75) is 50.8 Å². The van der Waals surface area contributed by atoms with Gasteiger partial charge in [0.25, 0.3) is 0 Å². The van der Waals surface area contributed by atoms with Crippen LogP contribution in [-0.4, -0.2) is 91.7 Å². The van der Waals surface area contributed by atoms with E-state index >= 15 is 0 Å². The summed E-state index contributed by atoms with van der Waals surface area (Å²) >= 11 is 0. The molecule has 2 saturated heterocycles. The first-order chi connectivity index (χ1) is 14.1. The van der Waals surface area contributed by atoms with Crippen LogP contribution in [0.25, 0.3) is 0 Å². The fourth-order valence-corrected chi connectivity index (χ4v) is 5.47. The van der Waals surface area contributed by atoms with Crippen molar-refractivity contribution in [1.82, 2.24) is 9.91 Å². The number of carbonyl (C=O) groups is 1. The maximum Gasteiger partial charge on any atom is 0.237 e. The topological polar surface area (TPSA) is 79.1 Å². The summed E-state index contributed by atoms with van der Waals surface area (Å²) in [4.78, 5) is 24.7. The molecular weight excluding hydrogens is 370 g/mol. The van der Waals surface area contributed by atoms with Crippen LogP contribution in [0.3, 0.4) is 0 Å². The van der Waals surface area contributed by atoms with Gasteiger partial charge in [-0.25, -0.2) is 0 Å². The second kappa shape index (κ2) is 7.80. The van der Waals surface area contributed by atoms with Gasteiger partial charge >= 0.3 is 0 Å². The zero-order valence-corrected chi connectivity index (χ0v) is 17.4. The van der Waals surface area contributed by atoms with Crippen LogP contribution in [0.5, 0.6) is 0 Å². The number of hydrogen-bond acceptors (Lipinski definition) is 7. The molecule has 0 aliphatic carbocycles. The Balaban J connectivity index is 1.32. The number of rotatable bonds is 3. The molecule has 8 nitrogen and oxygen atoms in total. The Labute approximate surface area is 172 Å². The number of methoxy groups -OCH3 is 1. The van der Waals surface area contributed by atoms with Crippen molar-refractivity contribution in [1.29, 1.82) is 0 Å². The molecule has 1 amide bonds. The van der Waals surface area contributed by atoms with Crippen LogP contribution >= 0.6 is 0 Å². The molecule has 0 aromatic rings. The minimum atomic E-state index is -0.0865. The summed E-state index contributed by atoms with van der Waals surface area (Å²) in [7, 11) is 1.75. The fraction of sp³-hybridized carbons (Fsp3) is 0.810. The monoisotopic (exact) mass is 401 g/mol. The number of carbonyl (C=O) groups excluding carboxylic acids is 1. The fourth-order valence-electron chi connectivity index (χ4n) is 5.47. The predicted octanol–water partition coefficient (Wildman–Crippen LogP) is 1.21. The van der Waals surface area contributed by atoms with Gasteiger partial charge in [0.2, 0.25) is 5.91 Å². The molecule has 5 aliphatic heterocycles. The molecule has 5 heterocycles. The number of hydrazone groups is 1. The molecule has 0 saturated carbocycles. The van der Waals surface area contributed by atoms with Gasteiger partial charge in [-0.05, 0) is 25.2 Å². The number of likely N-dealkylation sites (tertiary alicyclic amines) is 1. The zero-order valence-electron chi connectivity index (χ0n) is 17.4. The van der Waals surface area contributed by atoms with Gasteiger partial charge in [-0.3, -0.25) is 24.7 Å². The summed E-state index contributed by atoms with van der Waals surface area (Å²) in [6.07, 6.45) is 5.97. The molecule has 158 valence electrons. The highest BCUT2D eigenvalue weighted by atomic mass is 16.5. The molecule has 5 unspecified atom stereocenters. The highest BCUT2D eigenvalue weighted by Crippen LogP contribution is 2.36. The second-order valence-electron chi connectivity index (χ2n) is 9.02. The highest BCUT2D eigenvalue weighted by Gasteiger charge is 2.47. The molecule has 0 aromatic carbocycles. The first-order valence-corrected chi connectivity index (χ1v) is 11.0. The van der Waals surface area contributed by atoms with Crippen LogP contribution in [0, 0.1) is 17.8 Å². The van der Waals surface area contributed by atoms with E-state index in [4.69, 9.17) is 19.6 Å². The van der Waals surface area contributed by atoms with Gasteiger partial charge in [0, 0.05) is 44.5 Å². The lowest BCUT2D eigenvalue weighted by molar-refractivity contribution is -0.128. The summed E-state index contributed by atoms with van der Waals surface area (Å²) in [5, 5.41) is 6.92. The van der Waals surface area contributed by atoms with E-state index in [1.807, 2.05) is 4.90 Å². The largest absolute Gasteiger partial charge is 0.380 e. The van der Waals surface area contributed by atoms with Crippen LogP contribution in [0.15, 0.2) is 15.1 Å². The van der Waals surface area contributed by atoms with Crippen LogP contribution in [0.4, 0.5) is 0 Å². The predicted molar refractivity (Wildman–Crippen MR) is 110 cm³/mol. The van der Waals surface area contributed by atoms with Crippen molar-refractivity contribution in [3.05, 3.63) is 0 Å². The van der Waals surface area contributed by atoms with Gasteiger partial charge in [0.1, 0.15) is 5.84 Å². The molecule has 6 atom stereocenters. The molecule has 0 N–H and O–H groups in total. The minimum absolute atomic E-state index is 0.0865. The second-order valence-corrected chi connectivity index (χ2v) is 9.02. The molecule has 0 spiro atoms. The van der Waals surface area contributed by atoms with E-state index in [1.54, 1.807) is 7.11 Å². The third kappa shape index (κ3) is 3.50. The molecule has 8 heteroatoms. The zero-order chi connectivity index (χ0) is 20.0. The lowest BCUT2D eigenvalue weighted by atomic mass is 9.78. The Morgan fingerprint density at radius 1 is 1.31 bits per heavy atom. The van der Waals surface area contributed by atoms with Gasteiger partial charge < -0.3 is 9.47 Å². The number of aliphatic imine (C=N–C) groups is 2. The van der Waals surface area contributed by atoms with E-state index in [2.05, 4.69) is 23.1 Å². The maximum absolute atomic E-state index is 13.2. The van der Waals surface area contributed by atoms with Crippen LogP contribution in [-0.2, 0) is 14.3 Å². The van der Waals surface area contributed by atoms with Crippen molar-refractivity contribution < 1.29 is 14.3 Å². The third-order valence-corrected chi connectivity index (χ3v) is 7.14. The molecule has 5 rings (SSSR count). The quantitative estimate of drug-likeness (QED) is 0.712. The van der Waals surface area contributed by atoms with E-state index in [0.717, 1.165) is 63.5 Å². The van der Waals surface area contributed by atoms with Gasteiger partial charge in [0.15, 0.2) is 0 Å². The lowest BCUT2D eigenvalue weighted by Crippen LogP contribution is -2.39. The molecule has 29 heavy (non-hydrogen) atoms. The standard InChI is InChI=1S/C21H31N5O3/c1-13-7-17(14-8-16(28-2)10-22-9-14)23-18-11-25(21(27)20(13)18)19-3-5-26(24-19)15-4-6-29-12-15/h9,13-17,20H,3-8,10-12H2,1-2H3/t13?,14?,15-,16?,17?,20?/m1/s1. The summed E-state index contributed by atoms with van der Waals surface area (Å²) in [5.74, 6) is 1.60.